The molecule has 0 aliphatic rings. The van der Waals surface area contributed by atoms with E-state index in [2.05, 4.69) is 126 Å². The van der Waals surface area contributed by atoms with Gasteiger partial charge in [-0.25, -0.2) is 9.97 Å². The van der Waals surface area contributed by atoms with Crippen LogP contribution in [0.4, 0.5) is 0 Å². The molecule has 0 atom stereocenters. The standard InChI is InChI=1S/C30H38N4O3.C15H18N2O.C12H14N2O2.C9H20O2Si/c1-21(2)37-28-13-12-24(16-25(28)17-31)27(36)20-34(14-7-15-35)18-22-8-10-23(11-9-22)26-19-33(6)29(32-26)30(3,4)5;1-15(2,3)14-16-13(9-17(14)4)12-7-5-11(10-18)6-8-12;1-8(2)16-12-4-3-9(11(15)7-14)5-10(12)6-13;1-9(2,3)12(4,5)11-8-6-7-10/h8-13,16,19,21,35H,7,14-15,18,20H2,1-6H3;5-10H,1-4H3;3-5,8H,7,14H2,1-2H3;7H,6,8H2,1-5H3. The van der Waals surface area contributed by atoms with Gasteiger partial charge in [-0.05, 0) is 94.2 Å². The van der Waals surface area contributed by atoms with Gasteiger partial charge in [0.25, 0.3) is 0 Å². The molecule has 0 radical (unpaired) electrons. The Kier molecular flexibility index (Phi) is 26.8. The van der Waals surface area contributed by atoms with E-state index in [1.807, 2.05) is 83.2 Å². The molecule has 83 heavy (non-hydrogen) atoms. The summed E-state index contributed by atoms with van der Waals surface area (Å²) in [7, 11) is 2.43. The summed E-state index contributed by atoms with van der Waals surface area (Å²) in [4.78, 5) is 56.7. The van der Waals surface area contributed by atoms with E-state index in [-0.39, 0.29) is 59.3 Å². The predicted molar refractivity (Wildman–Crippen MR) is 332 cm³/mol. The van der Waals surface area contributed by atoms with Gasteiger partial charge in [0.2, 0.25) is 0 Å². The van der Waals surface area contributed by atoms with Gasteiger partial charge in [-0.15, -0.1) is 0 Å². The predicted octanol–water partition coefficient (Wildman–Crippen LogP) is 12.4. The number of imidazole rings is 2. The zero-order valence-electron chi connectivity index (χ0n) is 52.2. The molecule has 6 aromatic rings. The minimum Gasteiger partial charge on any atom is -0.490 e. The number of aryl methyl sites for hydroxylation is 2. The van der Waals surface area contributed by atoms with Crippen LogP contribution in [0.2, 0.25) is 18.1 Å². The number of nitrogens with two attached hydrogens (primary N) is 1. The van der Waals surface area contributed by atoms with Gasteiger partial charge in [-0.2, -0.15) is 10.5 Å². The number of hydrogen-bond donors (Lipinski definition) is 2. The Balaban J connectivity index is 0.000000326. The van der Waals surface area contributed by atoms with Gasteiger partial charge >= 0.3 is 0 Å². The lowest BCUT2D eigenvalue weighted by Gasteiger charge is -2.35. The molecule has 0 saturated heterocycles. The Hall–Kier alpha value is -7.38. The summed E-state index contributed by atoms with van der Waals surface area (Å²) in [5, 5.41) is 28.1. The molecule has 16 nitrogen and oxygen atoms in total. The van der Waals surface area contributed by atoms with E-state index in [1.165, 1.54) is 6.07 Å². The topological polar surface area (TPSA) is 229 Å². The molecule has 0 fully saturated rings. The number of ketones is 2. The smallest absolute Gasteiger partial charge is 0.191 e. The molecule has 446 valence electrons. The Morgan fingerprint density at radius 1 is 0.711 bits per heavy atom. The van der Waals surface area contributed by atoms with Crippen LogP contribution < -0.4 is 15.2 Å². The number of aliphatic hydroxyl groups excluding tert-OH is 1. The van der Waals surface area contributed by atoms with Crippen molar-refractivity contribution in [2.75, 3.05) is 32.8 Å². The number of carbonyl (C=O) groups is 4. The zero-order valence-corrected chi connectivity index (χ0v) is 53.2. The summed E-state index contributed by atoms with van der Waals surface area (Å²) in [5.41, 5.74) is 12.6. The summed E-state index contributed by atoms with van der Waals surface area (Å²) in [6.45, 7) is 33.3. The van der Waals surface area contributed by atoms with E-state index >= 15 is 0 Å². The number of ether oxygens (including phenoxy) is 2. The molecule has 2 aromatic heterocycles. The number of hydrogen-bond acceptors (Lipinski definition) is 14. The van der Waals surface area contributed by atoms with E-state index in [0.717, 1.165) is 52.3 Å². The maximum absolute atomic E-state index is 13.1. The minimum atomic E-state index is -1.60. The lowest BCUT2D eigenvalue weighted by Crippen LogP contribution is -2.41. The SMILES string of the molecule is CC(C)(C)[Si](C)(C)OCCC=O.CC(C)Oc1ccc(C(=O)CN(CCCO)Cc2ccc(-c3cn(C)c(C(C)(C)C)n3)cc2)cc1C#N.CC(C)Oc1ccc(C(=O)CN)cc1C#N.Cn1cc(-c2ccc(C=O)cc2)nc1C(C)(C)C. The van der Waals surface area contributed by atoms with Crippen LogP contribution in [0, 0.1) is 22.7 Å². The van der Waals surface area contributed by atoms with Gasteiger partial charge in [-0.3, -0.25) is 19.3 Å². The highest BCUT2D eigenvalue weighted by Gasteiger charge is 2.36. The Labute approximate surface area is 494 Å². The van der Waals surface area contributed by atoms with Gasteiger partial charge in [0.05, 0.1) is 47.8 Å². The first-order valence-corrected chi connectivity index (χ1v) is 31.0. The van der Waals surface area contributed by atoms with Gasteiger partial charge in [-0.1, -0.05) is 111 Å². The van der Waals surface area contributed by atoms with Gasteiger partial charge < -0.3 is 38.7 Å². The highest BCUT2D eigenvalue weighted by Crippen LogP contribution is 2.36. The number of rotatable bonds is 21. The molecule has 0 saturated carbocycles. The first-order chi connectivity index (χ1) is 38.8. The number of aromatic nitrogens is 4. The highest BCUT2D eigenvalue weighted by molar-refractivity contribution is 6.74. The van der Waals surface area contributed by atoms with Crippen molar-refractivity contribution in [1.82, 2.24) is 24.0 Å². The largest absolute Gasteiger partial charge is 0.490 e. The van der Waals surface area contributed by atoms with Crippen LogP contribution in [-0.4, -0.2) is 107 Å². The van der Waals surface area contributed by atoms with Crippen LogP contribution in [0.5, 0.6) is 11.5 Å². The van der Waals surface area contributed by atoms with Crippen molar-refractivity contribution in [3.63, 3.8) is 0 Å². The Morgan fingerprint density at radius 3 is 1.52 bits per heavy atom. The summed E-state index contributed by atoms with van der Waals surface area (Å²) < 4.78 is 21.0. The Bertz CT molecular complexity index is 3140. The first-order valence-electron chi connectivity index (χ1n) is 28.1. The summed E-state index contributed by atoms with van der Waals surface area (Å²) in [5.74, 6) is 2.79. The average Bonchev–Trinajstić information content (AvgIpc) is 4.28. The number of aldehydes is 2. The van der Waals surface area contributed by atoms with Crippen LogP contribution in [-0.2, 0) is 40.7 Å². The summed E-state index contributed by atoms with van der Waals surface area (Å²) in [6, 6.07) is 29.6. The number of Topliss-reactive ketones (excluding diaryl/α,β-unsaturated/α-hetero) is 2. The summed E-state index contributed by atoms with van der Waals surface area (Å²) in [6.07, 6.45) is 6.85. The van der Waals surface area contributed by atoms with Crippen molar-refractivity contribution in [3.8, 4) is 46.2 Å². The van der Waals surface area contributed by atoms with Crippen LogP contribution in [0.3, 0.4) is 0 Å². The third-order valence-electron chi connectivity index (χ3n) is 13.4. The number of carbonyl (C=O) groups excluding carboxylic acids is 4. The molecule has 3 N–H and O–H groups in total. The molecular weight excluding hydrogens is 1060 g/mol. The molecular formula is C66H90N8O8Si. The number of nitrogens with zero attached hydrogens (tertiary/aromatic N) is 7. The van der Waals surface area contributed by atoms with E-state index in [9.17, 15) is 29.5 Å². The number of nitriles is 2. The molecule has 0 spiro atoms. The van der Waals surface area contributed by atoms with Crippen LogP contribution in [0.1, 0.15) is 162 Å². The fraction of sp³-hybridized carbons (Fsp3) is 0.455. The lowest BCUT2D eigenvalue weighted by atomic mass is 9.96. The maximum atomic E-state index is 13.1. The van der Waals surface area contributed by atoms with Crippen molar-refractivity contribution in [3.05, 3.63) is 142 Å². The molecule has 2 heterocycles. The molecule has 17 heteroatoms. The monoisotopic (exact) mass is 1150 g/mol. The maximum Gasteiger partial charge on any atom is 0.191 e. The van der Waals surface area contributed by atoms with Crippen molar-refractivity contribution in [2.45, 2.75) is 151 Å². The Morgan fingerprint density at radius 2 is 1.16 bits per heavy atom. The van der Waals surface area contributed by atoms with E-state index in [0.29, 0.717) is 71.9 Å². The number of benzene rings is 4. The molecule has 0 bridgehead atoms. The van der Waals surface area contributed by atoms with E-state index < -0.39 is 8.32 Å². The van der Waals surface area contributed by atoms with E-state index in [4.69, 9.17) is 29.9 Å². The normalized spacial score (nSPS) is 11.5. The third kappa shape index (κ3) is 22.0. The number of aliphatic hydroxyl groups is 1. The fourth-order valence-corrected chi connectivity index (χ4v) is 9.23. The summed E-state index contributed by atoms with van der Waals surface area (Å²) >= 11 is 0. The molecule has 0 aliphatic carbocycles. The molecule has 0 unspecified atom stereocenters. The second kappa shape index (κ2) is 31.9. The lowest BCUT2D eigenvalue weighted by molar-refractivity contribution is -0.108. The van der Waals surface area contributed by atoms with Crippen molar-refractivity contribution >= 4 is 32.5 Å². The average molecular weight is 1150 g/mol. The van der Waals surface area contributed by atoms with Crippen LogP contribution in [0.25, 0.3) is 22.5 Å². The van der Waals surface area contributed by atoms with Crippen molar-refractivity contribution in [2.24, 2.45) is 19.8 Å². The minimum absolute atomic E-state index is 0.0110. The zero-order chi connectivity index (χ0) is 62.5. The van der Waals surface area contributed by atoms with Crippen molar-refractivity contribution in [1.29, 1.82) is 10.5 Å². The quantitative estimate of drug-likeness (QED) is 0.0296. The van der Waals surface area contributed by atoms with Crippen molar-refractivity contribution < 1.29 is 38.2 Å². The molecule has 4 aromatic carbocycles. The van der Waals surface area contributed by atoms with Gasteiger partial charge in [0.15, 0.2) is 19.9 Å². The van der Waals surface area contributed by atoms with E-state index in [1.54, 1.807) is 30.3 Å². The second-order valence-corrected chi connectivity index (χ2v) is 29.2. The third-order valence-corrected chi connectivity index (χ3v) is 17.9. The fourth-order valence-electron chi connectivity index (χ4n) is 8.17. The highest BCUT2D eigenvalue weighted by atomic mass is 28.4. The first kappa shape index (κ1) is 69.9. The van der Waals surface area contributed by atoms with Gasteiger partial charge in [0.1, 0.15) is 47.9 Å². The molecule has 6 rings (SSSR count). The molecule has 0 amide bonds. The molecule has 0 aliphatic heterocycles. The second-order valence-electron chi connectivity index (χ2n) is 24.4. The van der Waals surface area contributed by atoms with Crippen LogP contribution >= 0.6 is 0 Å². The van der Waals surface area contributed by atoms with Gasteiger partial charge in [0, 0.05) is 97.9 Å². The van der Waals surface area contributed by atoms with Crippen LogP contribution in [0.15, 0.2) is 97.3 Å².